The lowest BCUT2D eigenvalue weighted by Crippen LogP contribution is -2.14. The summed E-state index contributed by atoms with van der Waals surface area (Å²) in [5.41, 5.74) is 3.41. The van der Waals surface area contributed by atoms with Crippen molar-refractivity contribution in [3.63, 3.8) is 0 Å². The highest BCUT2D eigenvalue weighted by molar-refractivity contribution is 5.93. The number of benzene rings is 2. The second-order valence-electron chi connectivity index (χ2n) is 4.72. The molecule has 3 heteroatoms. The number of phenols is 1. The Labute approximate surface area is 118 Å². The molecule has 0 heterocycles. The van der Waals surface area contributed by atoms with Crippen LogP contribution >= 0.6 is 0 Å². The molecule has 0 aliphatic heterocycles. The van der Waals surface area contributed by atoms with E-state index in [2.05, 4.69) is 11.9 Å². The number of rotatable bonds is 4. The summed E-state index contributed by atoms with van der Waals surface area (Å²) in [7, 11) is 0. The average Bonchev–Trinajstić information content (AvgIpc) is 2.42. The minimum atomic E-state index is -0.158. The van der Waals surface area contributed by atoms with Gasteiger partial charge in [0, 0.05) is 0 Å². The van der Waals surface area contributed by atoms with Gasteiger partial charge in [-0.25, -0.2) is 0 Å². The quantitative estimate of drug-likeness (QED) is 0.831. The maximum atomic E-state index is 11.9. The number of hydrogen-bond acceptors (Lipinski definition) is 2. The summed E-state index contributed by atoms with van der Waals surface area (Å²) in [5.74, 6) is -0.0898. The van der Waals surface area contributed by atoms with E-state index in [4.69, 9.17) is 0 Å². The van der Waals surface area contributed by atoms with Crippen LogP contribution in [0.5, 0.6) is 5.75 Å². The van der Waals surface area contributed by atoms with Crippen molar-refractivity contribution in [3.05, 3.63) is 66.2 Å². The molecule has 2 aromatic rings. The lowest BCUT2D eigenvalue weighted by molar-refractivity contribution is -0.115. The van der Waals surface area contributed by atoms with Crippen molar-refractivity contribution in [1.29, 1.82) is 0 Å². The van der Waals surface area contributed by atoms with Gasteiger partial charge in [-0.1, -0.05) is 48.6 Å². The first-order chi connectivity index (χ1) is 9.56. The van der Waals surface area contributed by atoms with Crippen molar-refractivity contribution in [3.8, 4) is 5.75 Å². The SMILES string of the molecule is C=C(C)c1ccc(CC(=O)Nc2ccccc2O)cc1. The number of anilines is 1. The second kappa shape index (κ2) is 6.06. The summed E-state index contributed by atoms with van der Waals surface area (Å²) in [6.07, 6.45) is 0.269. The Kier molecular flexibility index (Phi) is 4.20. The van der Waals surface area contributed by atoms with E-state index in [-0.39, 0.29) is 18.1 Å². The van der Waals surface area contributed by atoms with Crippen molar-refractivity contribution in [2.75, 3.05) is 5.32 Å². The Balaban J connectivity index is 2.01. The topological polar surface area (TPSA) is 49.3 Å². The standard InChI is InChI=1S/C17H17NO2/c1-12(2)14-9-7-13(8-10-14)11-17(20)18-15-5-3-4-6-16(15)19/h3-10,19H,1,11H2,2H3,(H,18,20). The fourth-order valence-corrected chi connectivity index (χ4v) is 1.87. The molecule has 2 rings (SSSR count). The summed E-state index contributed by atoms with van der Waals surface area (Å²) < 4.78 is 0. The monoisotopic (exact) mass is 267 g/mol. The average molecular weight is 267 g/mol. The first-order valence-electron chi connectivity index (χ1n) is 6.39. The molecule has 0 saturated carbocycles. The number of aromatic hydroxyl groups is 1. The molecule has 102 valence electrons. The summed E-state index contributed by atoms with van der Waals surface area (Å²) >= 11 is 0. The third-order valence-corrected chi connectivity index (χ3v) is 2.99. The highest BCUT2D eigenvalue weighted by Crippen LogP contribution is 2.21. The van der Waals surface area contributed by atoms with E-state index < -0.39 is 0 Å². The number of nitrogens with one attached hydrogen (secondary N) is 1. The van der Waals surface area contributed by atoms with Gasteiger partial charge in [0.2, 0.25) is 5.91 Å². The van der Waals surface area contributed by atoms with Gasteiger partial charge in [0.25, 0.3) is 0 Å². The van der Waals surface area contributed by atoms with Crippen LogP contribution in [0.1, 0.15) is 18.1 Å². The van der Waals surface area contributed by atoms with E-state index in [9.17, 15) is 9.90 Å². The number of carbonyl (C=O) groups excluding carboxylic acids is 1. The predicted octanol–water partition coefficient (Wildman–Crippen LogP) is 3.61. The van der Waals surface area contributed by atoms with Crippen LogP contribution in [0.2, 0.25) is 0 Å². The molecule has 0 unspecified atom stereocenters. The molecule has 0 fully saturated rings. The zero-order valence-electron chi connectivity index (χ0n) is 11.4. The lowest BCUT2D eigenvalue weighted by atomic mass is 10.0. The van der Waals surface area contributed by atoms with Crippen LogP contribution in [0.4, 0.5) is 5.69 Å². The van der Waals surface area contributed by atoms with Gasteiger partial charge in [-0.2, -0.15) is 0 Å². The second-order valence-corrected chi connectivity index (χ2v) is 4.72. The Morgan fingerprint density at radius 1 is 1.15 bits per heavy atom. The molecule has 2 aromatic carbocycles. The molecule has 2 N–H and O–H groups in total. The Bertz CT molecular complexity index is 630. The summed E-state index contributed by atoms with van der Waals surface area (Å²) in [6, 6.07) is 14.4. The minimum Gasteiger partial charge on any atom is -0.506 e. The van der Waals surface area contributed by atoms with Crippen molar-refractivity contribution in [2.24, 2.45) is 0 Å². The maximum absolute atomic E-state index is 11.9. The molecule has 0 atom stereocenters. The predicted molar refractivity (Wildman–Crippen MR) is 81.6 cm³/mol. The van der Waals surface area contributed by atoms with Crippen molar-refractivity contribution < 1.29 is 9.90 Å². The third kappa shape index (κ3) is 3.48. The Morgan fingerprint density at radius 3 is 2.40 bits per heavy atom. The van der Waals surface area contributed by atoms with Crippen LogP contribution in [0, 0.1) is 0 Å². The van der Waals surface area contributed by atoms with E-state index in [0.29, 0.717) is 5.69 Å². The number of carbonyl (C=O) groups is 1. The van der Waals surface area contributed by atoms with Gasteiger partial charge in [0.15, 0.2) is 0 Å². The van der Waals surface area contributed by atoms with Crippen molar-refractivity contribution >= 4 is 17.2 Å². The van der Waals surface area contributed by atoms with E-state index >= 15 is 0 Å². The summed E-state index contributed by atoms with van der Waals surface area (Å²) in [4.78, 5) is 11.9. The van der Waals surface area contributed by atoms with Gasteiger partial charge >= 0.3 is 0 Å². The molecular formula is C17H17NO2. The number of amides is 1. The minimum absolute atomic E-state index is 0.0680. The largest absolute Gasteiger partial charge is 0.506 e. The molecule has 1 amide bonds. The van der Waals surface area contributed by atoms with Gasteiger partial charge in [-0.15, -0.1) is 0 Å². The number of hydrogen-bond donors (Lipinski definition) is 2. The van der Waals surface area contributed by atoms with E-state index in [0.717, 1.165) is 16.7 Å². The zero-order chi connectivity index (χ0) is 14.5. The highest BCUT2D eigenvalue weighted by atomic mass is 16.3. The molecule has 3 nitrogen and oxygen atoms in total. The van der Waals surface area contributed by atoms with Crippen LogP contribution in [-0.2, 0) is 11.2 Å². The van der Waals surface area contributed by atoms with E-state index in [1.165, 1.54) is 6.07 Å². The molecule has 0 aromatic heterocycles. The van der Waals surface area contributed by atoms with Gasteiger partial charge in [0.1, 0.15) is 5.75 Å². The van der Waals surface area contributed by atoms with Crippen molar-refractivity contribution in [1.82, 2.24) is 0 Å². The van der Waals surface area contributed by atoms with E-state index in [1.807, 2.05) is 31.2 Å². The molecule has 0 spiro atoms. The highest BCUT2D eigenvalue weighted by Gasteiger charge is 2.07. The van der Waals surface area contributed by atoms with Crippen LogP contribution in [-0.4, -0.2) is 11.0 Å². The van der Waals surface area contributed by atoms with E-state index in [1.54, 1.807) is 18.2 Å². The van der Waals surface area contributed by atoms with Crippen LogP contribution in [0.3, 0.4) is 0 Å². The summed E-state index contributed by atoms with van der Waals surface area (Å²) in [5, 5.41) is 12.3. The van der Waals surface area contributed by atoms with Crippen LogP contribution in [0.25, 0.3) is 5.57 Å². The zero-order valence-corrected chi connectivity index (χ0v) is 11.4. The normalized spacial score (nSPS) is 10.1. The fraction of sp³-hybridized carbons (Fsp3) is 0.118. The molecule has 0 aliphatic carbocycles. The van der Waals surface area contributed by atoms with Gasteiger partial charge in [-0.05, 0) is 30.2 Å². The molecule has 0 bridgehead atoms. The Morgan fingerprint density at radius 2 is 1.80 bits per heavy atom. The van der Waals surface area contributed by atoms with Gasteiger partial charge in [0.05, 0.1) is 12.1 Å². The van der Waals surface area contributed by atoms with Gasteiger partial charge < -0.3 is 10.4 Å². The molecule has 0 radical (unpaired) electrons. The van der Waals surface area contributed by atoms with Gasteiger partial charge in [-0.3, -0.25) is 4.79 Å². The summed E-state index contributed by atoms with van der Waals surface area (Å²) in [6.45, 7) is 5.82. The molecule has 0 saturated heterocycles. The Hall–Kier alpha value is -2.55. The maximum Gasteiger partial charge on any atom is 0.228 e. The van der Waals surface area contributed by atoms with Crippen LogP contribution in [0.15, 0.2) is 55.1 Å². The number of phenolic OH excluding ortho intramolecular Hbond substituents is 1. The number of para-hydroxylation sites is 2. The smallest absolute Gasteiger partial charge is 0.228 e. The van der Waals surface area contributed by atoms with Crippen LogP contribution < -0.4 is 5.32 Å². The van der Waals surface area contributed by atoms with Crippen molar-refractivity contribution in [2.45, 2.75) is 13.3 Å². The fourth-order valence-electron chi connectivity index (χ4n) is 1.87. The molecule has 20 heavy (non-hydrogen) atoms. The number of allylic oxidation sites excluding steroid dienone is 1. The first-order valence-corrected chi connectivity index (χ1v) is 6.39. The third-order valence-electron chi connectivity index (χ3n) is 2.99. The lowest BCUT2D eigenvalue weighted by Gasteiger charge is -2.07. The first kappa shape index (κ1) is 13.9. The molecule has 0 aliphatic rings. The molecular weight excluding hydrogens is 250 g/mol.